The minimum atomic E-state index is -0.989. The van der Waals surface area contributed by atoms with E-state index >= 15 is 0 Å². The summed E-state index contributed by atoms with van der Waals surface area (Å²) in [4.78, 5) is 37.5. The summed E-state index contributed by atoms with van der Waals surface area (Å²) in [6.45, 7) is 2.90. The molecule has 0 saturated carbocycles. The molecule has 0 heterocycles. The Kier molecular flexibility index (Phi) is 9.16. The fourth-order valence-electron chi connectivity index (χ4n) is 2.68. The first kappa shape index (κ1) is 25.3. The molecule has 0 spiro atoms. The molecule has 0 radical (unpaired) electrons. The molecule has 32 heavy (non-hydrogen) atoms. The van der Waals surface area contributed by atoms with Crippen LogP contribution in [0.1, 0.15) is 24.2 Å². The summed E-state index contributed by atoms with van der Waals surface area (Å²) < 4.78 is 15.4. The summed E-state index contributed by atoms with van der Waals surface area (Å²) in [7, 11) is 2.93. The van der Waals surface area contributed by atoms with Gasteiger partial charge in [0.15, 0.2) is 6.61 Å². The van der Waals surface area contributed by atoms with Gasteiger partial charge in [0.05, 0.1) is 30.0 Å². The van der Waals surface area contributed by atoms with Crippen LogP contribution >= 0.6 is 23.2 Å². The molecule has 0 saturated heterocycles. The maximum atomic E-state index is 12.7. The molecule has 2 aromatic carbocycles. The fourth-order valence-corrected chi connectivity index (χ4v) is 3.17. The Hall–Kier alpha value is -2.97. The number of rotatable bonds is 9. The maximum absolute atomic E-state index is 12.7. The third-order valence-electron chi connectivity index (χ3n) is 4.39. The highest BCUT2D eigenvalue weighted by atomic mass is 35.5. The molecule has 0 aliphatic rings. The number of anilines is 1. The number of ether oxygens (including phenoxy) is 3. The van der Waals surface area contributed by atoms with Gasteiger partial charge in [-0.05, 0) is 30.2 Å². The summed E-state index contributed by atoms with van der Waals surface area (Å²) in [6, 6.07) is 8.42. The number of methoxy groups -OCH3 is 2. The van der Waals surface area contributed by atoms with Crippen LogP contribution in [-0.4, -0.2) is 44.7 Å². The summed E-state index contributed by atoms with van der Waals surface area (Å²) >= 11 is 12.0. The number of carbonyl (C=O) groups is 3. The van der Waals surface area contributed by atoms with Gasteiger partial charge in [0.25, 0.3) is 11.8 Å². The SMILES string of the molecule is COc1cc(OC)cc(C(=O)N[C@H](C(=O)OCC(=O)Nc2c(Cl)cccc2Cl)C(C)C)c1. The van der Waals surface area contributed by atoms with E-state index in [1.165, 1.54) is 26.4 Å². The van der Waals surface area contributed by atoms with Crippen LogP contribution in [0.5, 0.6) is 11.5 Å². The van der Waals surface area contributed by atoms with Crippen LogP contribution in [0.15, 0.2) is 36.4 Å². The third-order valence-corrected chi connectivity index (χ3v) is 5.02. The maximum Gasteiger partial charge on any atom is 0.329 e. The van der Waals surface area contributed by atoms with Crippen molar-refractivity contribution >= 4 is 46.7 Å². The molecule has 2 aromatic rings. The van der Waals surface area contributed by atoms with E-state index in [1.54, 1.807) is 38.1 Å². The van der Waals surface area contributed by atoms with Crippen LogP contribution in [0.4, 0.5) is 5.69 Å². The lowest BCUT2D eigenvalue weighted by Gasteiger charge is -2.21. The van der Waals surface area contributed by atoms with Gasteiger partial charge in [0.2, 0.25) is 0 Å². The lowest BCUT2D eigenvalue weighted by Crippen LogP contribution is -2.46. The predicted molar refractivity (Wildman–Crippen MR) is 122 cm³/mol. The highest BCUT2D eigenvalue weighted by Gasteiger charge is 2.27. The van der Waals surface area contributed by atoms with Gasteiger partial charge in [-0.25, -0.2) is 4.79 Å². The average molecular weight is 483 g/mol. The van der Waals surface area contributed by atoms with E-state index in [0.29, 0.717) is 11.5 Å². The third kappa shape index (κ3) is 6.77. The Balaban J connectivity index is 2.03. The topological polar surface area (TPSA) is 103 Å². The monoisotopic (exact) mass is 482 g/mol. The molecule has 0 aliphatic carbocycles. The average Bonchev–Trinajstić information content (AvgIpc) is 2.77. The Morgan fingerprint density at radius 2 is 1.53 bits per heavy atom. The van der Waals surface area contributed by atoms with Gasteiger partial charge in [0.1, 0.15) is 17.5 Å². The normalized spacial score (nSPS) is 11.5. The molecule has 1 atom stereocenters. The summed E-state index contributed by atoms with van der Waals surface area (Å²) in [5, 5.41) is 5.62. The molecule has 172 valence electrons. The van der Waals surface area contributed by atoms with Crippen LogP contribution in [0, 0.1) is 5.92 Å². The first-order chi connectivity index (χ1) is 15.2. The van der Waals surface area contributed by atoms with Crippen LogP contribution in [-0.2, 0) is 14.3 Å². The van der Waals surface area contributed by atoms with Crippen molar-refractivity contribution in [1.82, 2.24) is 5.32 Å². The number of hydrogen-bond acceptors (Lipinski definition) is 6. The number of benzene rings is 2. The van der Waals surface area contributed by atoms with Gasteiger partial charge in [0, 0.05) is 11.6 Å². The van der Waals surface area contributed by atoms with Gasteiger partial charge >= 0.3 is 5.97 Å². The second-order valence-electron chi connectivity index (χ2n) is 7.05. The second kappa shape index (κ2) is 11.6. The van der Waals surface area contributed by atoms with Crippen LogP contribution < -0.4 is 20.1 Å². The molecule has 0 aromatic heterocycles. The van der Waals surface area contributed by atoms with Crippen LogP contribution in [0.25, 0.3) is 0 Å². The molecule has 8 nitrogen and oxygen atoms in total. The summed E-state index contributed by atoms with van der Waals surface area (Å²) in [6.07, 6.45) is 0. The first-order valence-corrected chi connectivity index (χ1v) is 10.4. The van der Waals surface area contributed by atoms with E-state index in [2.05, 4.69) is 10.6 Å². The Morgan fingerprint density at radius 1 is 0.969 bits per heavy atom. The Bertz CT molecular complexity index is 954. The highest BCUT2D eigenvalue weighted by Crippen LogP contribution is 2.29. The quantitative estimate of drug-likeness (QED) is 0.524. The van der Waals surface area contributed by atoms with E-state index < -0.39 is 30.4 Å². The first-order valence-electron chi connectivity index (χ1n) is 9.60. The van der Waals surface area contributed by atoms with Gasteiger partial charge in [-0.1, -0.05) is 43.1 Å². The minimum absolute atomic E-state index is 0.220. The Labute approximate surface area is 196 Å². The van der Waals surface area contributed by atoms with E-state index in [-0.39, 0.29) is 27.2 Å². The van der Waals surface area contributed by atoms with Crippen LogP contribution in [0.2, 0.25) is 10.0 Å². The fraction of sp³-hybridized carbons (Fsp3) is 0.318. The van der Waals surface area contributed by atoms with E-state index in [4.69, 9.17) is 37.4 Å². The predicted octanol–water partition coefficient (Wildman–Crippen LogP) is 3.95. The highest BCUT2D eigenvalue weighted by molar-refractivity contribution is 6.39. The number of nitrogens with one attached hydrogen (secondary N) is 2. The van der Waals surface area contributed by atoms with E-state index in [0.717, 1.165) is 0 Å². The van der Waals surface area contributed by atoms with Gasteiger partial charge in [-0.15, -0.1) is 0 Å². The summed E-state index contributed by atoms with van der Waals surface area (Å²) in [5.74, 6) is -1.37. The molecule has 2 rings (SSSR count). The minimum Gasteiger partial charge on any atom is -0.497 e. The number of para-hydroxylation sites is 1. The van der Waals surface area contributed by atoms with Crippen molar-refractivity contribution in [2.24, 2.45) is 5.92 Å². The van der Waals surface area contributed by atoms with Gasteiger partial charge < -0.3 is 24.8 Å². The summed E-state index contributed by atoms with van der Waals surface area (Å²) in [5.41, 5.74) is 0.461. The van der Waals surface area contributed by atoms with Gasteiger partial charge in [-0.3, -0.25) is 9.59 Å². The molecule has 2 amide bonds. The lowest BCUT2D eigenvalue weighted by molar-refractivity contribution is -0.150. The second-order valence-corrected chi connectivity index (χ2v) is 7.86. The number of amides is 2. The molecule has 0 fully saturated rings. The number of esters is 1. The molecule has 0 aliphatic heterocycles. The number of carbonyl (C=O) groups excluding carboxylic acids is 3. The number of halogens is 2. The molecule has 0 bridgehead atoms. The van der Waals surface area contributed by atoms with Crippen molar-refractivity contribution < 1.29 is 28.6 Å². The zero-order chi connectivity index (χ0) is 23.8. The molecule has 10 heteroatoms. The molecular weight excluding hydrogens is 459 g/mol. The Morgan fingerprint density at radius 3 is 2.03 bits per heavy atom. The zero-order valence-corrected chi connectivity index (χ0v) is 19.5. The van der Waals surface area contributed by atoms with Crippen molar-refractivity contribution in [2.75, 3.05) is 26.1 Å². The smallest absolute Gasteiger partial charge is 0.329 e. The largest absolute Gasteiger partial charge is 0.497 e. The van der Waals surface area contributed by atoms with Crippen molar-refractivity contribution in [1.29, 1.82) is 0 Å². The van der Waals surface area contributed by atoms with E-state index in [9.17, 15) is 14.4 Å². The zero-order valence-electron chi connectivity index (χ0n) is 18.0. The van der Waals surface area contributed by atoms with Crippen molar-refractivity contribution in [2.45, 2.75) is 19.9 Å². The molecule has 2 N–H and O–H groups in total. The van der Waals surface area contributed by atoms with E-state index in [1.807, 2.05) is 0 Å². The van der Waals surface area contributed by atoms with Crippen molar-refractivity contribution in [3.63, 3.8) is 0 Å². The molecule has 0 unspecified atom stereocenters. The lowest BCUT2D eigenvalue weighted by atomic mass is 10.0. The van der Waals surface area contributed by atoms with Crippen LogP contribution in [0.3, 0.4) is 0 Å². The van der Waals surface area contributed by atoms with Gasteiger partial charge in [-0.2, -0.15) is 0 Å². The molecular formula is C22H24Cl2N2O6. The van der Waals surface area contributed by atoms with Crippen molar-refractivity contribution in [3.8, 4) is 11.5 Å². The number of hydrogen-bond donors (Lipinski definition) is 2. The standard InChI is InChI=1S/C22H24Cl2N2O6/c1-12(2)19(26-21(28)13-8-14(30-3)10-15(9-13)31-4)22(29)32-11-18(27)25-20-16(23)6-5-7-17(20)24/h5-10,12,19H,11H2,1-4H3,(H,25,27)(H,26,28)/t19-/m0/s1. The van der Waals surface area contributed by atoms with Crippen molar-refractivity contribution in [3.05, 3.63) is 52.0 Å².